The Hall–Kier alpha value is -6.90. The fourth-order valence-corrected chi connectivity index (χ4v) is 8.49. The molecule has 0 fully saturated rings. The van der Waals surface area contributed by atoms with Crippen molar-refractivity contribution in [1.29, 1.82) is 0 Å². The van der Waals surface area contributed by atoms with E-state index in [0.29, 0.717) is 0 Å². The van der Waals surface area contributed by atoms with E-state index in [9.17, 15) is 0 Å². The Balaban J connectivity index is 1.11. The van der Waals surface area contributed by atoms with Gasteiger partial charge in [-0.25, -0.2) is 0 Å². The average molecular weight is 705 g/mol. The third kappa shape index (κ3) is 5.93. The van der Waals surface area contributed by atoms with Gasteiger partial charge in [0.1, 0.15) is 0 Å². The lowest BCUT2D eigenvalue weighted by Crippen LogP contribution is -2.10. The minimum Gasteiger partial charge on any atom is -0.310 e. The molecule has 1 heterocycles. The van der Waals surface area contributed by atoms with Gasteiger partial charge < -0.3 is 9.47 Å². The zero-order valence-corrected chi connectivity index (χ0v) is 30.9. The van der Waals surface area contributed by atoms with E-state index >= 15 is 0 Å². The number of nitrogens with zero attached hydrogens (tertiary/aromatic N) is 2. The first kappa shape index (κ1) is 32.7. The smallest absolute Gasteiger partial charge is 0.0585 e. The van der Waals surface area contributed by atoms with Gasteiger partial charge in [0.25, 0.3) is 0 Å². The monoisotopic (exact) mass is 704 g/mol. The van der Waals surface area contributed by atoms with Gasteiger partial charge in [0.15, 0.2) is 0 Å². The van der Waals surface area contributed by atoms with Crippen molar-refractivity contribution in [1.82, 2.24) is 4.57 Å². The molecule has 0 saturated carbocycles. The number of fused-ring (bicyclic) bond motifs is 5. The van der Waals surface area contributed by atoms with Crippen LogP contribution in [-0.4, -0.2) is 4.57 Å². The van der Waals surface area contributed by atoms with E-state index in [-0.39, 0.29) is 0 Å². The summed E-state index contributed by atoms with van der Waals surface area (Å²) in [5, 5.41) is 2.59. The fraction of sp³-hybridized carbons (Fsp3) is 0.0566. The van der Waals surface area contributed by atoms with Crippen molar-refractivity contribution in [2.45, 2.75) is 19.8 Å². The Morgan fingerprint density at radius 2 is 1.09 bits per heavy atom. The molecule has 55 heavy (non-hydrogen) atoms. The van der Waals surface area contributed by atoms with E-state index in [1.54, 1.807) is 0 Å². The number of hydrogen-bond acceptors (Lipinski definition) is 1. The Bertz CT molecular complexity index is 2840. The molecule has 262 valence electrons. The van der Waals surface area contributed by atoms with Crippen LogP contribution in [0.3, 0.4) is 0 Å². The minimum atomic E-state index is 1.03. The molecular formula is C53H40N2. The molecule has 0 atom stereocenters. The topological polar surface area (TPSA) is 8.17 Å². The molecule has 0 radical (unpaired) electrons. The molecule has 10 rings (SSSR count). The quantitative estimate of drug-likeness (QED) is 0.160. The van der Waals surface area contributed by atoms with Gasteiger partial charge >= 0.3 is 0 Å². The van der Waals surface area contributed by atoms with Gasteiger partial charge in [-0.15, -0.1) is 0 Å². The number of anilines is 3. The molecule has 0 amide bonds. The molecule has 0 spiro atoms. The number of allylic oxidation sites excluding steroid dienone is 1. The van der Waals surface area contributed by atoms with Crippen LogP contribution in [0.5, 0.6) is 0 Å². The molecule has 0 unspecified atom stereocenters. The summed E-state index contributed by atoms with van der Waals surface area (Å²) in [7, 11) is 0. The van der Waals surface area contributed by atoms with Crippen LogP contribution in [0.15, 0.2) is 194 Å². The van der Waals surface area contributed by atoms with Crippen LogP contribution in [0.2, 0.25) is 0 Å². The van der Waals surface area contributed by atoms with Gasteiger partial charge in [0.05, 0.1) is 11.0 Å². The highest BCUT2D eigenvalue weighted by Crippen LogP contribution is 2.45. The number of rotatable bonds is 7. The Morgan fingerprint density at radius 3 is 1.82 bits per heavy atom. The summed E-state index contributed by atoms with van der Waals surface area (Å²) in [6, 6.07) is 68.6. The summed E-state index contributed by atoms with van der Waals surface area (Å²) in [6.07, 6.45) is 6.73. The molecule has 1 aromatic heterocycles. The number of aryl methyl sites for hydroxylation is 2. The van der Waals surface area contributed by atoms with Crippen molar-refractivity contribution in [2.24, 2.45) is 0 Å². The Labute approximate surface area is 322 Å². The third-order valence-electron chi connectivity index (χ3n) is 11.1. The summed E-state index contributed by atoms with van der Waals surface area (Å²) in [5.74, 6) is 0. The van der Waals surface area contributed by atoms with Gasteiger partial charge in [-0.3, -0.25) is 0 Å². The largest absolute Gasteiger partial charge is 0.310 e. The number of hydrogen-bond donors (Lipinski definition) is 0. The van der Waals surface area contributed by atoms with Crippen LogP contribution in [0.25, 0.3) is 66.9 Å². The lowest BCUT2D eigenvalue weighted by Gasteiger charge is -2.27. The first-order chi connectivity index (χ1) is 27.2. The second-order valence-electron chi connectivity index (χ2n) is 14.6. The van der Waals surface area contributed by atoms with Crippen molar-refractivity contribution in [2.75, 3.05) is 4.90 Å². The summed E-state index contributed by atoms with van der Waals surface area (Å²) >= 11 is 0. The molecule has 0 N–H and O–H groups in total. The van der Waals surface area contributed by atoms with E-state index in [2.05, 4.69) is 217 Å². The summed E-state index contributed by atoms with van der Waals surface area (Å²) in [6.45, 7) is 2.17. The molecule has 1 aliphatic rings. The molecule has 9 aromatic rings. The maximum Gasteiger partial charge on any atom is 0.0585 e. The van der Waals surface area contributed by atoms with Crippen molar-refractivity contribution in [3.05, 3.63) is 211 Å². The summed E-state index contributed by atoms with van der Waals surface area (Å²) < 4.78 is 2.49. The van der Waals surface area contributed by atoms with Gasteiger partial charge in [0, 0.05) is 33.5 Å². The molecule has 1 aliphatic carbocycles. The first-order valence-corrected chi connectivity index (χ1v) is 19.2. The van der Waals surface area contributed by atoms with Gasteiger partial charge in [-0.1, -0.05) is 140 Å². The van der Waals surface area contributed by atoms with E-state index in [1.807, 2.05) is 0 Å². The number of benzene rings is 8. The number of aromatic nitrogens is 1. The van der Waals surface area contributed by atoms with Crippen LogP contribution in [0.4, 0.5) is 17.1 Å². The lowest BCUT2D eigenvalue weighted by atomic mass is 9.89. The SMILES string of the molecule is Cc1cccc(N(c2ccc(-c3ccc(-c4ccccc4)cc3)cc2)c2cccc(-c3cc4c(c5c3c3ccccc3n5-c3ccccc3)CCC=C4)c2)c1. The standard InChI is InChI=1S/C53H40N2/c1-37-14-12-21-46(34-37)54(45-32-30-41(31-33-45)40-28-26-39(27-29-40)38-15-4-2-5-16-38)47-22-13-18-42(35-47)50-36-43-17-8-9-23-48(43)53-52(50)49-24-10-11-25-51(49)55(53)44-19-6-3-7-20-44/h2-8,10-22,24-36H,9,23H2,1H3. The zero-order chi connectivity index (χ0) is 36.7. The second kappa shape index (κ2) is 13.8. The van der Waals surface area contributed by atoms with Gasteiger partial charge in [-0.05, 0) is 131 Å². The maximum atomic E-state index is 2.49. The van der Waals surface area contributed by atoms with Crippen molar-refractivity contribution in [3.8, 4) is 39.1 Å². The molecule has 0 saturated heterocycles. The van der Waals surface area contributed by atoms with E-state index in [0.717, 1.165) is 29.9 Å². The Morgan fingerprint density at radius 1 is 0.491 bits per heavy atom. The predicted octanol–water partition coefficient (Wildman–Crippen LogP) is 14.5. The summed E-state index contributed by atoms with van der Waals surface area (Å²) in [4.78, 5) is 2.39. The molecule has 2 nitrogen and oxygen atoms in total. The fourth-order valence-electron chi connectivity index (χ4n) is 8.49. The van der Waals surface area contributed by atoms with Crippen molar-refractivity contribution in [3.63, 3.8) is 0 Å². The van der Waals surface area contributed by atoms with E-state index in [1.165, 1.54) is 77.6 Å². The average Bonchev–Trinajstić information content (AvgIpc) is 3.60. The highest BCUT2D eigenvalue weighted by molar-refractivity contribution is 6.17. The van der Waals surface area contributed by atoms with Crippen LogP contribution in [-0.2, 0) is 6.42 Å². The normalized spacial score (nSPS) is 12.2. The molecule has 2 heteroatoms. The lowest BCUT2D eigenvalue weighted by molar-refractivity contribution is 0.985. The van der Waals surface area contributed by atoms with Gasteiger partial charge in [0.2, 0.25) is 0 Å². The van der Waals surface area contributed by atoms with Crippen molar-refractivity contribution < 1.29 is 0 Å². The number of para-hydroxylation sites is 2. The van der Waals surface area contributed by atoms with Crippen molar-refractivity contribution >= 4 is 44.9 Å². The molecule has 0 bridgehead atoms. The van der Waals surface area contributed by atoms with Gasteiger partial charge in [-0.2, -0.15) is 0 Å². The molecular weight excluding hydrogens is 665 g/mol. The zero-order valence-electron chi connectivity index (χ0n) is 30.9. The Kier molecular flexibility index (Phi) is 8.22. The predicted molar refractivity (Wildman–Crippen MR) is 234 cm³/mol. The highest BCUT2D eigenvalue weighted by atomic mass is 15.1. The van der Waals surface area contributed by atoms with E-state index < -0.39 is 0 Å². The van der Waals surface area contributed by atoms with Crippen LogP contribution in [0, 0.1) is 6.92 Å². The molecule has 8 aromatic carbocycles. The van der Waals surface area contributed by atoms with E-state index in [4.69, 9.17) is 0 Å². The first-order valence-electron chi connectivity index (χ1n) is 19.2. The maximum absolute atomic E-state index is 2.49. The van der Waals surface area contributed by atoms with Crippen LogP contribution >= 0.6 is 0 Å². The van der Waals surface area contributed by atoms with Crippen LogP contribution in [0.1, 0.15) is 23.1 Å². The third-order valence-corrected chi connectivity index (χ3v) is 11.1. The van der Waals surface area contributed by atoms with Crippen LogP contribution < -0.4 is 4.90 Å². The molecule has 0 aliphatic heterocycles. The highest BCUT2D eigenvalue weighted by Gasteiger charge is 2.23. The second-order valence-corrected chi connectivity index (χ2v) is 14.6. The summed E-state index contributed by atoms with van der Waals surface area (Å²) in [5.41, 5.74) is 18.4. The minimum absolute atomic E-state index is 1.03.